The van der Waals surface area contributed by atoms with Crippen LogP contribution < -0.4 is 11.2 Å². The molecule has 1 rings (SSSR count). The summed E-state index contributed by atoms with van der Waals surface area (Å²) < 4.78 is 64.7. The van der Waals surface area contributed by atoms with Crippen molar-refractivity contribution in [1.82, 2.24) is 9.55 Å². The average molecular weight is 518 g/mol. The van der Waals surface area contributed by atoms with Gasteiger partial charge in [0.15, 0.2) is 6.23 Å². The molecule has 0 aliphatic carbocycles. The fourth-order valence-corrected chi connectivity index (χ4v) is 4.82. The van der Waals surface area contributed by atoms with Crippen LogP contribution >= 0.6 is 23.5 Å². The lowest BCUT2D eigenvalue weighted by molar-refractivity contribution is -0.265. The molecule has 21 heteroatoms. The summed E-state index contributed by atoms with van der Waals surface area (Å²) in [6, 6.07) is 0.807. The molecule has 1 aromatic heterocycles. The number of nitrogens with zero attached hydrogens (tertiary/aromatic N) is 1. The molecular weight excluding hydrogens is 500 g/mol. The molecule has 0 radical (unpaired) electrons. The highest BCUT2D eigenvalue weighted by molar-refractivity contribution is 7.66. The van der Waals surface area contributed by atoms with E-state index in [-0.39, 0.29) is 0 Å². The van der Waals surface area contributed by atoms with Gasteiger partial charge in [-0.15, -0.1) is 0 Å². The maximum atomic E-state index is 15.0. The highest BCUT2D eigenvalue weighted by atomic mass is 31.3. The Kier molecular flexibility index (Phi) is 9.22. The molecule has 31 heavy (non-hydrogen) atoms. The van der Waals surface area contributed by atoms with Crippen molar-refractivity contribution in [2.45, 2.75) is 25.1 Å². The van der Waals surface area contributed by atoms with Gasteiger partial charge in [0, 0.05) is 12.3 Å². The predicted molar refractivity (Wildman–Crippen MR) is 93.9 cm³/mol. The van der Waals surface area contributed by atoms with E-state index < -0.39 is 66.1 Å². The fourth-order valence-electron chi connectivity index (χ4n) is 1.79. The molecule has 0 aliphatic rings. The van der Waals surface area contributed by atoms with E-state index in [0.717, 1.165) is 19.2 Å². The summed E-state index contributed by atoms with van der Waals surface area (Å²) in [6.07, 6.45) is -3.30. The van der Waals surface area contributed by atoms with Crippen molar-refractivity contribution < 1.29 is 65.8 Å². The second-order valence-electron chi connectivity index (χ2n) is 5.60. The second kappa shape index (κ2) is 10.2. The van der Waals surface area contributed by atoms with Crippen molar-refractivity contribution in [2.24, 2.45) is 0 Å². The summed E-state index contributed by atoms with van der Waals surface area (Å²) in [5.74, 6) is -3.48. The van der Waals surface area contributed by atoms with E-state index >= 15 is 4.39 Å². The zero-order valence-electron chi connectivity index (χ0n) is 15.2. The molecule has 1 heterocycles. The van der Waals surface area contributed by atoms with Gasteiger partial charge in [0.05, 0.1) is 6.61 Å². The fraction of sp³-hybridized carbons (Fsp3) is 0.600. The number of aliphatic hydroxyl groups excluding tert-OH is 2. The van der Waals surface area contributed by atoms with Gasteiger partial charge in [0.1, 0.15) is 12.7 Å². The number of aromatic amines is 1. The Morgan fingerprint density at radius 3 is 2.19 bits per heavy atom. The summed E-state index contributed by atoms with van der Waals surface area (Å²) in [5.41, 5.74) is -2.00. The minimum absolute atomic E-state index is 0.489. The van der Waals surface area contributed by atoms with E-state index in [9.17, 15) is 38.4 Å². The second-order valence-corrected chi connectivity index (χ2v) is 10.0. The maximum Gasteiger partial charge on any atom is 0.490 e. The number of hydrogen-bond acceptors (Lipinski definition) is 11. The number of nitrogens with one attached hydrogen (secondary N) is 1. The van der Waals surface area contributed by atoms with Gasteiger partial charge in [-0.3, -0.25) is 18.9 Å². The zero-order valence-corrected chi connectivity index (χ0v) is 17.9. The topological polar surface area (TPSA) is 264 Å². The van der Waals surface area contributed by atoms with Crippen LogP contribution in [-0.2, 0) is 31.6 Å². The number of halogens is 1. The molecule has 0 bridgehead atoms. The quantitative estimate of drug-likeness (QED) is 0.154. The Labute approximate surface area is 171 Å². The number of aromatic nitrogens is 2. The van der Waals surface area contributed by atoms with E-state index in [4.69, 9.17) is 19.4 Å². The third-order valence-electron chi connectivity index (χ3n) is 3.11. The summed E-state index contributed by atoms with van der Waals surface area (Å²) in [4.78, 5) is 59.9. The van der Waals surface area contributed by atoms with E-state index in [1.807, 2.05) is 0 Å². The van der Waals surface area contributed by atoms with Gasteiger partial charge in [-0.05, 0) is 6.92 Å². The highest BCUT2D eigenvalue weighted by Gasteiger charge is 2.46. The van der Waals surface area contributed by atoms with Gasteiger partial charge in [0.2, 0.25) is 0 Å². The third-order valence-corrected chi connectivity index (χ3v) is 6.90. The molecular formula is C10H18FN2O15P3. The first-order chi connectivity index (χ1) is 13.9. The molecule has 0 fully saturated rings. The molecule has 0 aromatic carbocycles. The third kappa shape index (κ3) is 9.11. The summed E-state index contributed by atoms with van der Waals surface area (Å²) in [7, 11) is -17.3. The average Bonchev–Trinajstić information content (AvgIpc) is 2.55. The van der Waals surface area contributed by atoms with Crippen LogP contribution in [0.15, 0.2) is 21.9 Å². The SMILES string of the molecule is C[C@H](O)[C@@](F)(COP(=O)(O)OP(=O)(O)OP(=O)(O)O)O[C@H](CO)n1ccc(=O)[nH]c1=O. The van der Waals surface area contributed by atoms with E-state index in [1.54, 1.807) is 4.98 Å². The van der Waals surface area contributed by atoms with Crippen molar-refractivity contribution in [3.8, 4) is 0 Å². The number of rotatable bonds is 12. The Bertz CT molecular complexity index is 1020. The van der Waals surface area contributed by atoms with Gasteiger partial charge >= 0.3 is 29.2 Å². The van der Waals surface area contributed by atoms with Crippen LogP contribution in [0.3, 0.4) is 0 Å². The van der Waals surface area contributed by atoms with Crippen LogP contribution in [0.25, 0.3) is 0 Å². The van der Waals surface area contributed by atoms with Crippen molar-refractivity contribution in [3.05, 3.63) is 33.1 Å². The van der Waals surface area contributed by atoms with E-state index in [0.29, 0.717) is 4.57 Å². The Morgan fingerprint density at radius 1 is 1.16 bits per heavy atom. The minimum Gasteiger partial charge on any atom is -0.392 e. The number of H-pyrrole nitrogens is 1. The van der Waals surface area contributed by atoms with Crippen LogP contribution in [0.1, 0.15) is 13.2 Å². The standard InChI is InChI=1S/C10H18FN2O15P3/c1-6(15)10(11,26-8(4-14)13-3-2-7(16)12-9(13)17)5-25-30(21,22)28-31(23,24)27-29(18,19)20/h2-3,6,8,14-15H,4-5H2,1H3,(H,21,22)(H,23,24)(H,12,16,17)(H2,18,19,20)/t6-,8+,10+/m0/s1. The van der Waals surface area contributed by atoms with E-state index in [2.05, 4.69) is 13.1 Å². The molecule has 2 unspecified atom stereocenters. The summed E-state index contributed by atoms with van der Waals surface area (Å²) in [5, 5.41) is 19.0. The molecule has 0 amide bonds. The Balaban J connectivity index is 3.03. The molecule has 5 atom stereocenters. The van der Waals surface area contributed by atoms with Gasteiger partial charge in [-0.1, -0.05) is 0 Å². The normalized spacial score (nSPS) is 20.3. The molecule has 0 spiro atoms. The molecule has 180 valence electrons. The maximum absolute atomic E-state index is 15.0. The number of phosphoric ester groups is 1. The van der Waals surface area contributed by atoms with Gasteiger partial charge in [-0.2, -0.15) is 8.62 Å². The molecule has 17 nitrogen and oxygen atoms in total. The minimum atomic E-state index is -5.88. The Morgan fingerprint density at radius 2 is 1.74 bits per heavy atom. The number of phosphoric acid groups is 3. The lowest BCUT2D eigenvalue weighted by Gasteiger charge is -2.32. The van der Waals surface area contributed by atoms with Gasteiger partial charge in [0.25, 0.3) is 11.4 Å². The smallest absolute Gasteiger partial charge is 0.392 e. The number of aliphatic hydroxyl groups is 2. The lowest BCUT2D eigenvalue weighted by atomic mass is 10.2. The molecule has 0 aliphatic heterocycles. The first kappa shape index (κ1) is 27.9. The predicted octanol–water partition coefficient (Wildman–Crippen LogP) is -1.57. The number of alkyl halides is 1. The van der Waals surface area contributed by atoms with Crippen LogP contribution in [0, 0.1) is 0 Å². The van der Waals surface area contributed by atoms with Gasteiger partial charge in [-0.25, -0.2) is 22.9 Å². The van der Waals surface area contributed by atoms with Gasteiger partial charge < -0.3 is 34.5 Å². The van der Waals surface area contributed by atoms with Crippen molar-refractivity contribution in [1.29, 1.82) is 0 Å². The molecule has 0 saturated carbocycles. The monoisotopic (exact) mass is 518 g/mol. The molecule has 1 aromatic rings. The van der Waals surface area contributed by atoms with Crippen molar-refractivity contribution in [3.63, 3.8) is 0 Å². The van der Waals surface area contributed by atoms with Crippen molar-refractivity contribution >= 4 is 23.5 Å². The highest BCUT2D eigenvalue weighted by Crippen LogP contribution is 2.66. The summed E-state index contributed by atoms with van der Waals surface area (Å²) in [6.45, 7) is -2.09. The van der Waals surface area contributed by atoms with E-state index in [1.165, 1.54) is 0 Å². The van der Waals surface area contributed by atoms with Crippen LogP contribution in [0.5, 0.6) is 0 Å². The first-order valence-corrected chi connectivity index (χ1v) is 12.2. The number of hydrogen-bond donors (Lipinski definition) is 7. The van der Waals surface area contributed by atoms with Crippen LogP contribution in [0.4, 0.5) is 4.39 Å². The zero-order chi connectivity index (χ0) is 24.3. The van der Waals surface area contributed by atoms with Crippen LogP contribution in [0.2, 0.25) is 0 Å². The lowest BCUT2D eigenvalue weighted by Crippen LogP contribution is -2.47. The Hall–Kier alpha value is -1.10. The largest absolute Gasteiger partial charge is 0.490 e. The molecule has 7 N–H and O–H groups in total. The van der Waals surface area contributed by atoms with Crippen molar-refractivity contribution in [2.75, 3.05) is 13.2 Å². The molecule has 0 saturated heterocycles. The summed E-state index contributed by atoms with van der Waals surface area (Å²) >= 11 is 0. The van der Waals surface area contributed by atoms with Crippen LogP contribution in [-0.4, -0.2) is 64.5 Å². The number of ether oxygens (including phenoxy) is 1. The first-order valence-electron chi connectivity index (χ1n) is 7.65.